The minimum absolute atomic E-state index is 0.0819. The second kappa shape index (κ2) is 7.25. The quantitative estimate of drug-likeness (QED) is 0.832. The van der Waals surface area contributed by atoms with Gasteiger partial charge in [-0.25, -0.2) is 9.59 Å². The summed E-state index contributed by atoms with van der Waals surface area (Å²) in [5.74, 6) is -1.22. The standard InChI is InChI=1S/C15H13NO4S/c17-14(18)13(9-12-7-4-8-21-12)16-15(19)20-10-11-5-2-1-3-6-11/h1-9H,10H2,(H,16,19)(H,17,18). The Bertz CT molecular complexity index is 635. The van der Waals surface area contributed by atoms with Crippen LogP contribution >= 0.6 is 11.3 Å². The Morgan fingerprint density at radius 3 is 2.57 bits per heavy atom. The number of nitrogens with one attached hydrogen (secondary N) is 1. The van der Waals surface area contributed by atoms with Crippen molar-refractivity contribution >= 4 is 29.5 Å². The van der Waals surface area contributed by atoms with Gasteiger partial charge in [0.05, 0.1) is 0 Å². The highest BCUT2D eigenvalue weighted by Gasteiger charge is 2.12. The van der Waals surface area contributed by atoms with E-state index in [1.807, 2.05) is 35.7 Å². The van der Waals surface area contributed by atoms with Crippen molar-refractivity contribution in [2.45, 2.75) is 6.61 Å². The summed E-state index contributed by atoms with van der Waals surface area (Å²) >= 11 is 1.37. The largest absolute Gasteiger partial charge is 0.477 e. The lowest BCUT2D eigenvalue weighted by Gasteiger charge is -2.07. The van der Waals surface area contributed by atoms with E-state index in [4.69, 9.17) is 9.84 Å². The van der Waals surface area contributed by atoms with Crippen molar-refractivity contribution in [3.05, 3.63) is 64.0 Å². The van der Waals surface area contributed by atoms with E-state index in [1.165, 1.54) is 17.4 Å². The molecule has 0 unspecified atom stereocenters. The van der Waals surface area contributed by atoms with Crippen molar-refractivity contribution in [1.82, 2.24) is 5.32 Å². The summed E-state index contributed by atoms with van der Waals surface area (Å²) in [6.07, 6.45) is 0.584. The highest BCUT2D eigenvalue weighted by Crippen LogP contribution is 2.12. The van der Waals surface area contributed by atoms with E-state index < -0.39 is 12.1 Å². The number of carboxylic acid groups (broad SMARTS) is 1. The molecule has 6 heteroatoms. The maximum atomic E-state index is 11.6. The van der Waals surface area contributed by atoms with E-state index in [1.54, 1.807) is 12.1 Å². The minimum Gasteiger partial charge on any atom is -0.477 e. The first-order valence-electron chi connectivity index (χ1n) is 6.11. The van der Waals surface area contributed by atoms with Gasteiger partial charge in [-0.1, -0.05) is 36.4 Å². The first-order chi connectivity index (χ1) is 10.1. The molecule has 0 aliphatic heterocycles. The van der Waals surface area contributed by atoms with Gasteiger partial charge >= 0.3 is 12.1 Å². The number of ether oxygens (including phenoxy) is 1. The summed E-state index contributed by atoms with van der Waals surface area (Å²) in [5.41, 5.74) is 0.599. The number of thiophene rings is 1. The molecule has 0 fully saturated rings. The monoisotopic (exact) mass is 303 g/mol. The fourth-order valence-electron chi connectivity index (χ4n) is 1.54. The molecule has 1 aromatic carbocycles. The summed E-state index contributed by atoms with van der Waals surface area (Å²) in [4.78, 5) is 23.5. The number of carbonyl (C=O) groups excluding carboxylic acids is 1. The number of alkyl carbamates (subject to hydrolysis) is 1. The summed E-state index contributed by atoms with van der Waals surface area (Å²) in [6, 6.07) is 12.7. The molecule has 108 valence electrons. The molecule has 0 aliphatic rings. The van der Waals surface area contributed by atoms with E-state index in [0.29, 0.717) is 0 Å². The maximum absolute atomic E-state index is 11.6. The van der Waals surface area contributed by atoms with Crippen molar-refractivity contribution in [1.29, 1.82) is 0 Å². The molecule has 1 heterocycles. The highest BCUT2D eigenvalue weighted by molar-refractivity contribution is 7.10. The molecule has 0 saturated carbocycles. The highest BCUT2D eigenvalue weighted by atomic mass is 32.1. The van der Waals surface area contributed by atoms with Crippen molar-refractivity contribution in [2.24, 2.45) is 0 Å². The maximum Gasteiger partial charge on any atom is 0.412 e. The molecule has 0 spiro atoms. The van der Waals surface area contributed by atoms with Crippen LogP contribution in [0.15, 0.2) is 53.5 Å². The van der Waals surface area contributed by atoms with E-state index in [0.717, 1.165) is 10.4 Å². The number of rotatable bonds is 5. The number of carboxylic acids is 1. The molecule has 2 N–H and O–H groups in total. The minimum atomic E-state index is -1.22. The smallest absolute Gasteiger partial charge is 0.412 e. The van der Waals surface area contributed by atoms with Crippen LogP contribution in [-0.4, -0.2) is 17.2 Å². The number of carbonyl (C=O) groups is 2. The molecule has 1 aromatic heterocycles. The lowest BCUT2D eigenvalue weighted by Crippen LogP contribution is -2.27. The van der Waals surface area contributed by atoms with Gasteiger partial charge in [-0.2, -0.15) is 0 Å². The fourth-order valence-corrected chi connectivity index (χ4v) is 2.19. The Kier molecular flexibility index (Phi) is 5.11. The second-order valence-electron chi connectivity index (χ2n) is 4.07. The third-order valence-corrected chi connectivity index (χ3v) is 3.33. The Morgan fingerprint density at radius 2 is 1.95 bits per heavy atom. The van der Waals surface area contributed by atoms with Gasteiger partial charge in [0, 0.05) is 4.88 Å². The Balaban J connectivity index is 1.94. The average molecular weight is 303 g/mol. The van der Waals surface area contributed by atoms with Crippen molar-refractivity contribution in [2.75, 3.05) is 0 Å². The Hall–Kier alpha value is -2.60. The first-order valence-corrected chi connectivity index (χ1v) is 6.99. The topological polar surface area (TPSA) is 75.6 Å². The summed E-state index contributed by atoms with van der Waals surface area (Å²) < 4.78 is 4.98. The lowest BCUT2D eigenvalue weighted by atomic mass is 10.2. The van der Waals surface area contributed by atoms with Crippen LogP contribution in [0.25, 0.3) is 6.08 Å². The zero-order chi connectivity index (χ0) is 15.1. The Morgan fingerprint density at radius 1 is 1.19 bits per heavy atom. The number of benzene rings is 1. The molecule has 2 aromatic rings. The van der Waals surface area contributed by atoms with E-state index in [2.05, 4.69) is 5.32 Å². The van der Waals surface area contributed by atoms with E-state index in [-0.39, 0.29) is 12.3 Å². The zero-order valence-electron chi connectivity index (χ0n) is 11.0. The average Bonchev–Trinajstić information content (AvgIpc) is 2.98. The van der Waals surface area contributed by atoms with Crippen LogP contribution in [0.2, 0.25) is 0 Å². The predicted octanol–water partition coefficient (Wildman–Crippen LogP) is 3.10. The molecule has 1 amide bonds. The number of aliphatic carboxylic acids is 1. The molecule has 0 bridgehead atoms. The summed E-state index contributed by atoms with van der Waals surface area (Å²) in [7, 11) is 0. The van der Waals surface area contributed by atoms with Gasteiger partial charge < -0.3 is 9.84 Å². The summed E-state index contributed by atoms with van der Waals surface area (Å²) in [5, 5.41) is 13.1. The fraction of sp³-hybridized carbons (Fsp3) is 0.0667. The van der Waals surface area contributed by atoms with Crippen LogP contribution in [0.4, 0.5) is 4.79 Å². The van der Waals surface area contributed by atoms with Gasteiger partial charge in [-0.3, -0.25) is 5.32 Å². The molecule has 0 radical (unpaired) electrons. The Labute approximate surface area is 125 Å². The molecular weight excluding hydrogens is 290 g/mol. The van der Waals surface area contributed by atoms with E-state index in [9.17, 15) is 9.59 Å². The third-order valence-electron chi connectivity index (χ3n) is 2.51. The molecule has 5 nitrogen and oxygen atoms in total. The van der Waals surface area contributed by atoms with Crippen LogP contribution in [0.3, 0.4) is 0 Å². The van der Waals surface area contributed by atoms with Gasteiger partial charge in [-0.05, 0) is 23.1 Å². The van der Waals surface area contributed by atoms with Gasteiger partial charge in [-0.15, -0.1) is 11.3 Å². The van der Waals surface area contributed by atoms with Crippen LogP contribution in [-0.2, 0) is 16.1 Å². The van der Waals surface area contributed by atoms with Crippen molar-refractivity contribution in [3.8, 4) is 0 Å². The predicted molar refractivity (Wildman–Crippen MR) is 79.7 cm³/mol. The van der Waals surface area contributed by atoms with Crippen LogP contribution in [0.5, 0.6) is 0 Å². The molecule has 21 heavy (non-hydrogen) atoms. The van der Waals surface area contributed by atoms with Crippen molar-refractivity contribution in [3.63, 3.8) is 0 Å². The number of hydrogen-bond donors (Lipinski definition) is 2. The van der Waals surface area contributed by atoms with Gasteiger partial charge in [0.25, 0.3) is 0 Å². The molecule has 0 saturated heterocycles. The number of amides is 1. The van der Waals surface area contributed by atoms with Crippen LogP contribution in [0.1, 0.15) is 10.4 Å². The first kappa shape index (κ1) is 14.8. The van der Waals surface area contributed by atoms with Crippen molar-refractivity contribution < 1.29 is 19.4 Å². The zero-order valence-corrected chi connectivity index (χ0v) is 11.8. The van der Waals surface area contributed by atoms with Crippen LogP contribution < -0.4 is 5.32 Å². The molecular formula is C15H13NO4S. The number of hydrogen-bond acceptors (Lipinski definition) is 4. The third kappa shape index (κ3) is 4.77. The molecule has 0 aliphatic carbocycles. The second-order valence-corrected chi connectivity index (χ2v) is 5.04. The van der Waals surface area contributed by atoms with Gasteiger partial charge in [0.2, 0.25) is 0 Å². The van der Waals surface area contributed by atoms with E-state index >= 15 is 0 Å². The van der Waals surface area contributed by atoms with Gasteiger partial charge in [0.1, 0.15) is 12.3 Å². The molecule has 0 atom stereocenters. The summed E-state index contributed by atoms with van der Waals surface area (Å²) in [6.45, 7) is 0.0819. The normalized spacial score (nSPS) is 11.0. The molecule has 2 rings (SSSR count). The van der Waals surface area contributed by atoms with Crippen LogP contribution in [0, 0.1) is 0 Å². The SMILES string of the molecule is O=C(NC(=Cc1cccs1)C(=O)O)OCc1ccccc1. The van der Waals surface area contributed by atoms with Gasteiger partial charge in [0.15, 0.2) is 0 Å². The lowest BCUT2D eigenvalue weighted by molar-refractivity contribution is -0.132.